The zero-order valence-electron chi connectivity index (χ0n) is 9.15. The third-order valence-corrected chi connectivity index (χ3v) is 4.09. The zero-order chi connectivity index (χ0) is 13.9. The number of rotatable bonds is 3. The van der Waals surface area contributed by atoms with Crippen molar-refractivity contribution in [3.63, 3.8) is 0 Å². The second kappa shape index (κ2) is 3.93. The summed E-state index contributed by atoms with van der Waals surface area (Å²) in [5.74, 6) is -3.08. The lowest BCUT2D eigenvalue weighted by Gasteiger charge is -2.23. The van der Waals surface area contributed by atoms with E-state index in [2.05, 4.69) is 4.74 Å². The molecule has 2 bridgehead atoms. The molecule has 0 spiro atoms. The molecule has 0 saturated carbocycles. The highest BCUT2D eigenvalue weighted by Gasteiger charge is 2.66. The molecular weight excluding hydrogens is 290 g/mol. The molecule has 106 valence electrons. The molecular formula is C9H8F2O7S. The van der Waals surface area contributed by atoms with Gasteiger partial charge in [-0.25, -0.2) is 9.00 Å². The van der Waals surface area contributed by atoms with Gasteiger partial charge >= 0.3 is 17.2 Å². The molecule has 7 nitrogen and oxygen atoms in total. The highest BCUT2D eigenvalue weighted by atomic mass is 32.2. The van der Waals surface area contributed by atoms with Gasteiger partial charge in [-0.1, -0.05) is 0 Å². The van der Waals surface area contributed by atoms with Crippen LogP contribution in [-0.2, 0) is 34.9 Å². The van der Waals surface area contributed by atoms with E-state index >= 15 is 0 Å². The number of hydrogen-bond donors (Lipinski definition) is 1. The second-order valence-electron chi connectivity index (χ2n) is 4.52. The molecule has 0 aromatic carbocycles. The fourth-order valence-electron chi connectivity index (χ4n) is 2.65. The summed E-state index contributed by atoms with van der Waals surface area (Å²) < 4.78 is 59.4. The van der Waals surface area contributed by atoms with E-state index in [4.69, 9.17) is 14.0 Å². The van der Waals surface area contributed by atoms with Gasteiger partial charge in [-0.15, -0.1) is 0 Å². The average molecular weight is 298 g/mol. The molecule has 0 radical (unpaired) electrons. The highest BCUT2D eigenvalue weighted by molar-refractivity contribution is 7.81. The summed E-state index contributed by atoms with van der Waals surface area (Å²) in [6.45, 7) is 0. The summed E-state index contributed by atoms with van der Waals surface area (Å²) in [6.07, 6.45) is -3.13. The summed E-state index contributed by atoms with van der Waals surface area (Å²) in [6, 6.07) is 0. The largest absolute Gasteiger partial charge is 0.455 e. The lowest BCUT2D eigenvalue weighted by atomic mass is 9.88. The van der Waals surface area contributed by atoms with Crippen molar-refractivity contribution < 1.29 is 41.3 Å². The van der Waals surface area contributed by atoms with E-state index in [-0.39, 0.29) is 6.42 Å². The fourth-order valence-corrected chi connectivity index (χ4v) is 2.84. The number of halogens is 2. The first-order chi connectivity index (χ1) is 8.82. The van der Waals surface area contributed by atoms with Crippen molar-refractivity contribution in [1.82, 2.24) is 0 Å². The first kappa shape index (κ1) is 12.9. The van der Waals surface area contributed by atoms with Crippen molar-refractivity contribution in [2.24, 2.45) is 5.92 Å². The van der Waals surface area contributed by atoms with E-state index < -0.39 is 58.6 Å². The molecule has 3 aliphatic heterocycles. The van der Waals surface area contributed by atoms with Crippen LogP contribution in [0.1, 0.15) is 6.42 Å². The molecule has 3 aliphatic rings. The fraction of sp³-hybridized carbons (Fsp3) is 0.778. The Morgan fingerprint density at radius 1 is 1.47 bits per heavy atom. The molecule has 10 heteroatoms. The summed E-state index contributed by atoms with van der Waals surface area (Å²) in [7, 11) is 0. The Morgan fingerprint density at radius 2 is 2.16 bits per heavy atom. The minimum Gasteiger partial charge on any atom is -0.455 e. The van der Waals surface area contributed by atoms with Crippen LogP contribution >= 0.6 is 0 Å². The maximum Gasteiger partial charge on any atom is 0.439 e. The van der Waals surface area contributed by atoms with E-state index in [1.165, 1.54) is 0 Å². The first-order valence-electron chi connectivity index (χ1n) is 5.38. The van der Waals surface area contributed by atoms with Gasteiger partial charge in [0.05, 0.1) is 12.0 Å². The highest BCUT2D eigenvalue weighted by Crippen LogP contribution is 2.47. The van der Waals surface area contributed by atoms with E-state index in [0.29, 0.717) is 0 Å². The van der Waals surface area contributed by atoms with Crippen molar-refractivity contribution in [3.05, 3.63) is 0 Å². The number of hydrogen-bond acceptors (Lipinski definition) is 6. The molecule has 6 unspecified atom stereocenters. The summed E-state index contributed by atoms with van der Waals surface area (Å²) >= 11 is -3.67. The molecule has 0 aromatic heterocycles. The Kier molecular flexibility index (Phi) is 2.67. The van der Waals surface area contributed by atoms with Crippen LogP contribution in [0.15, 0.2) is 0 Å². The molecule has 0 amide bonds. The van der Waals surface area contributed by atoms with E-state index in [1.807, 2.05) is 0 Å². The smallest absolute Gasteiger partial charge is 0.439 e. The third-order valence-electron chi connectivity index (χ3n) is 3.48. The molecule has 1 N–H and O–H groups in total. The van der Waals surface area contributed by atoms with Crippen LogP contribution in [0.2, 0.25) is 0 Å². The lowest BCUT2D eigenvalue weighted by molar-refractivity contribution is -0.175. The van der Waals surface area contributed by atoms with Gasteiger partial charge in [-0.2, -0.15) is 8.78 Å². The predicted molar refractivity (Wildman–Crippen MR) is 52.2 cm³/mol. The van der Waals surface area contributed by atoms with Crippen molar-refractivity contribution in [2.45, 2.75) is 36.1 Å². The zero-order valence-corrected chi connectivity index (χ0v) is 9.97. The number of ether oxygens (including phenoxy) is 3. The van der Waals surface area contributed by atoms with Gasteiger partial charge < -0.3 is 18.8 Å². The Morgan fingerprint density at radius 3 is 2.79 bits per heavy atom. The average Bonchev–Trinajstić information content (AvgIpc) is 2.93. The molecule has 6 atom stereocenters. The quantitative estimate of drug-likeness (QED) is 0.550. The van der Waals surface area contributed by atoms with Gasteiger partial charge in [0, 0.05) is 0 Å². The van der Waals surface area contributed by atoms with Gasteiger partial charge in [-0.05, 0) is 6.42 Å². The second-order valence-corrected chi connectivity index (χ2v) is 5.53. The predicted octanol–water partition coefficient (Wildman–Crippen LogP) is -0.575. The molecule has 3 saturated heterocycles. The number of carbonyl (C=O) groups is 2. The Labute approximate surface area is 107 Å². The van der Waals surface area contributed by atoms with Gasteiger partial charge in [0.25, 0.3) is 0 Å². The van der Waals surface area contributed by atoms with Crippen LogP contribution in [0.3, 0.4) is 0 Å². The molecule has 19 heavy (non-hydrogen) atoms. The van der Waals surface area contributed by atoms with Crippen LogP contribution in [0.5, 0.6) is 0 Å². The van der Waals surface area contributed by atoms with Gasteiger partial charge in [-0.3, -0.25) is 4.79 Å². The molecule has 0 aromatic rings. The monoisotopic (exact) mass is 298 g/mol. The molecule has 3 rings (SSSR count). The topological polar surface area (TPSA) is 99.1 Å². The Hall–Kier alpha value is -1.13. The number of fused-ring (bicyclic) bond motifs is 1. The minimum absolute atomic E-state index is 0.228. The minimum atomic E-state index is -4.52. The summed E-state index contributed by atoms with van der Waals surface area (Å²) in [5, 5.41) is -4.52. The number of alkyl halides is 2. The van der Waals surface area contributed by atoms with Crippen LogP contribution < -0.4 is 0 Å². The Bertz CT molecular complexity index is 481. The maximum absolute atomic E-state index is 13.0. The van der Waals surface area contributed by atoms with Gasteiger partial charge in [0.2, 0.25) is 11.1 Å². The van der Waals surface area contributed by atoms with E-state index in [0.717, 1.165) is 0 Å². The van der Waals surface area contributed by atoms with Crippen LogP contribution in [-0.4, -0.2) is 50.4 Å². The van der Waals surface area contributed by atoms with E-state index in [9.17, 15) is 22.6 Å². The number of carbonyl (C=O) groups excluding carboxylic acids is 2. The molecule has 3 heterocycles. The third kappa shape index (κ3) is 1.70. The normalized spacial score (nSPS) is 41.2. The van der Waals surface area contributed by atoms with Gasteiger partial charge in [0.15, 0.2) is 12.2 Å². The maximum atomic E-state index is 13.0. The molecule has 3 fully saturated rings. The standard InChI is InChI=1S/C9H8F2O7S/c10-9(11,19(14)15)8(13)18-5-3-1-2-4(16-3)6(5)17-7(2)12/h2-6H,1H2,(H,14,15). The SMILES string of the molecule is O=C1OC2C(OC(=O)C(F)(F)S(=O)O)C3CC1C2O3. The summed E-state index contributed by atoms with van der Waals surface area (Å²) in [4.78, 5) is 22.5. The van der Waals surface area contributed by atoms with Crippen molar-refractivity contribution in [2.75, 3.05) is 0 Å². The van der Waals surface area contributed by atoms with Crippen molar-refractivity contribution in [3.8, 4) is 0 Å². The van der Waals surface area contributed by atoms with Crippen LogP contribution in [0.25, 0.3) is 0 Å². The van der Waals surface area contributed by atoms with Crippen molar-refractivity contribution in [1.29, 1.82) is 0 Å². The van der Waals surface area contributed by atoms with Crippen LogP contribution in [0.4, 0.5) is 8.78 Å². The lowest BCUT2D eigenvalue weighted by Crippen LogP contribution is -2.45. The van der Waals surface area contributed by atoms with Gasteiger partial charge in [0.1, 0.15) is 6.10 Å². The first-order valence-corrected chi connectivity index (χ1v) is 6.49. The van der Waals surface area contributed by atoms with Crippen molar-refractivity contribution >= 4 is 23.0 Å². The number of esters is 2. The molecule has 0 aliphatic carbocycles. The Balaban J connectivity index is 1.74. The van der Waals surface area contributed by atoms with Crippen LogP contribution in [0, 0.1) is 5.92 Å². The summed E-state index contributed by atoms with van der Waals surface area (Å²) in [5.41, 5.74) is 0. The van der Waals surface area contributed by atoms with E-state index in [1.54, 1.807) is 0 Å².